The number of halogens is 1. The van der Waals surface area contributed by atoms with Gasteiger partial charge in [0.1, 0.15) is 5.82 Å². The van der Waals surface area contributed by atoms with Crippen molar-refractivity contribution in [2.24, 2.45) is 0 Å². The van der Waals surface area contributed by atoms with Crippen molar-refractivity contribution >= 4 is 11.7 Å². The van der Waals surface area contributed by atoms with Crippen LogP contribution in [0.4, 0.5) is 14.9 Å². The molecule has 16 heavy (non-hydrogen) atoms. The molecule has 0 heterocycles. The van der Waals surface area contributed by atoms with E-state index < -0.39 is 0 Å². The van der Waals surface area contributed by atoms with Gasteiger partial charge in [-0.25, -0.2) is 9.18 Å². The van der Waals surface area contributed by atoms with E-state index in [1.165, 1.54) is 11.0 Å². The molecule has 0 saturated carbocycles. The lowest BCUT2D eigenvalue weighted by molar-refractivity contribution is 0.217. The van der Waals surface area contributed by atoms with E-state index in [-0.39, 0.29) is 11.8 Å². The average molecular weight is 224 g/mol. The van der Waals surface area contributed by atoms with E-state index in [2.05, 4.69) is 0 Å². The van der Waals surface area contributed by atoms with Crippen LogP contribution in [0.15, 0.2) is 24.3 Å². The van der Waals surface area contributed by atoms with Gasteiger partial charge in [0.2, 0.25) is 0 Å². The maximum atomic E-state index is 13.5. The van der Waals surface area contributed by atoms with E-state index in [9.17, 15) is 9.18 Å². The van der Waals surface area contributed by atoms with E-state index >= 15 is 0 Å². The Kier molecular flexibility index (Phi) is 4.28. The molecule has 0 radical (unpaired) electrons. The highest BCUT2D eigenvalue weighted by Gasteiger charge is 2.19. The first-order valence-corrected chi connectivity index (χ1v) is 5.39. The van der Waals surface area contributed by atoms with Crippen LogP contribution >= 0.6 is 0 Å². The zero-order chi connectivity index (χ0) is 12.1. The van der Waals surface area contributed by atoms with Crippen molar-refractivity contribution in [3.8, 4) is 0 Å². The van der Waals surface area contributed by atoms with E-state index in [4.69, 9.17) is 0 Å². The van der Waals surface area contributed by atoms with Crippen molar-refractivity contribution in [2.45, 2.75) is 13.8 Å². The summed E-state index contributed by atoms with van der Waals surface area (Å²) in [5, 5.41) is 0. The molecule has 1 aromatic carbocycles. The number of amides is 2. The topological polar surface area (TPSA) is 23.6 Å². The summed E-state index contributed by atoms with van der Waals surface area (Å²) in [6.45, 7) is 4.76. The molecule has 0 bridgehead atoms. The van der Waals surface area contributed by atoms with E-state index in [1.54, 1.807) is 30.1 Å². The van der Waals surface area contributed by atoms with Crippen molar-refractivity contribution in [1.29, 1.82) is 0 Å². The molecule has 0 aromatic heterocycles. The van der Waals surface area contributed by atoms with Crippen LogP contribution in [0.25, 0.3) is 0 Å². The van der Waals surface area contributed by atoms with Crippen molar-refractivity contribution in [3.05, 3.63) is 30.1 Å². The molecule has 88 valence electrons. The third kappa shape index (κ3) is 2.51. The Hall–Kier alpha value is -1.58. The number of carbonyl (C=O) groups is 1. The lowest BCUT2D eigenvalue weighted by Gasteiger charge is -2.26. The number of benzene rings is 1. The van der Waals surface area contributed by atoms with Gasteiger partial charge < -0.3 is 4.90 Å². The molecule has 0 saturated heterocycles. The molecule has 0 aliphatic rings. The normalized spacial score (nSPS) is 10.0. The predicted octanol–water partition coefficient (Wildman–Crippen LogP) is 2.72. The first kappa shape index (κ1) is 12.5. The maximum Gasteiger partial charge on any atom is 0.324 e. The minimum absolute atomic E-state index is 0.185. The number of para-hydroxylation sites is 1. The Labute approximate surface area is 95.5 Å². The molecule has 0 aliphatic carbocycles. The lowest BCUT2D eigenvalue weighted by Crippen LogP contribution is -2.41. The molecule has 0 spiro atoms. The van der Waals surface area contributed by atoms with Gasteiger partial charge in [-0.1, -0.05) is 12.1 Å². The standard InChI is InChI=1S/C12H17FN2O/c1-4-14(3)12(16)15(5-2)11-9-7-6-8-10(11)13/h6-9H,4-5H2,1-3H3. The zero-order valence-electron chi connectivity index (χ0n) is 9.90. The second kappa shape index (κ2) is 5.49. The van der Waals surface area contributed by atoms with Crippen LogP contribution in [0.3, 0.4) is 0 Å². The molecule has 2 amide bonds. The molecule has 0 aliphatic heterocycles. The fourth-order valence-corrected chi connectivity index (χ4v) is 1.42. The smallest absolute Gasteiger partial charge is 0.324 e. The number of nitrogens with zero attached hydrogens (tertiary/aromatic N) is 2. The minimum atomic E-state index is -0.373. The number of hydrogen-bond acceptors (Lipinski definition) is 1. The summed E-state index contributed by atoms with van der Waals surface area (Å²) in [5.74, 6) is -0.373. The van der Waals surface area contributed by atoms with Crippen LogP contribution in [-0.4, -0.2) is 31.1 Å². The fraction of sp³-hybridized carbons (Fsp3) is 0.417. The number of hydrogen-bond donors (Lipinski definition) is 0. The first-order chi connectivity index (χ1) is 7.61. The van der Waals surface area contributed by atoms with Gasteiger partial charge in [0.15, 0.2) is 0 Å². The van der Waals surface area contributed by atoms with Crippen molar-refractivity contribution < 1.29 is 9.18 Å². The molecular weight excluding hydrogens is 207 g/mol. The van der Waals surface area contributed by atoms with Crippen molar-refractivity contribution in [1.82, 2.24) is 4.90 Å². The van der Waals surface area contributed by atoms with Gasteiger partial charge in [0, 0.05) is 20.1 Å². The largest absolute Gasteiger partial charge is 0.328 e. The van der Waals surface area contributed by atoms with E-state index in [1.807, 2.05) is 13.8 Å². The van der Waals surface area contributed by atoms with E-state index in [0.717, 1.165) is 0 Å². The summed E-state index contributed by atoms with van der Waals surface area (Å²) in [5.41, 5.74) is 0.329. The van der Waals surface area contributed by atoms with Gasteiger partial charge in [0.25, 0.3) is 0 Å². The van der Waals surface area contributed by atoms with Gasteiger partial charge in [-0.2, -0.15) is 0 Å². The van der Waals surface area contributed by atoms with E-state index in [0.29, 0.717) is 18.8 Å². The molecular formula is C12H17FN2O. The van der Waals surface area contributed by atoms with Gasteiger partial charge in [-0.3, -0.25) is 4.90 Å². The third-order valence-corrected chi connectivity index (χ3v) is 2.49. The quantitative estimate of drug-likeness (QED) is 0.774. The summed E-state index contributed by atoms with van der Waals surface area (Å²) in [6, 6.07) is 6.12. The fourth-order valence-electron chi connectivity index (χ4n) is 1.42. The highest BCUT2D eigenvalue weighted by atomic mass is 19.1. The van der Waals surface area contributed by atoms with Gasteiger partial charge >= 0.3 is 6.03 Å². The van der Waals surface area contributed by atoms with Crippen LogP contribution in [0, 0.1) is 5.82 Å². The summed E-state index contributed by atoms with van der Waals surface area (Å²) >= 11 is 0. The molecule has 0 atom stereocenters. The van der Waals surface area contributed by atoms with Crippen LogP contribution in [0.5, 0.6) is 0 Å². The number of anilines is 1. The predicted molar refractivity (Wildman–Crippen MR) is 63.1 cm³/mol. The summed E-state index contributed by atoms with van der Waals surface area (Å²) in [7, 11) is 1.70. The Bertz CT molecular complexity index is 368. The Balaban J connectivity index is 2.99. The van der Waals surface area contributed by atoms with Gasteiger partial charge in [-0.05, 0) is 26.0 Å². The second-order valence-electron chi connectivity index (χ2n) is 3.49. The lowest BCUT2D eigenvalue weighted by atomic mass is 10.3. The van der Waals surface area contributed by atoms with Gasteiger partial charge in [-0.15, -0.1) is 0 Å². The maximum absolute atomic E-state index is 13.5. The summed E-state index contributed by atoms with van der Waals surface area (Å²) in [6.07, 6.45) is 0. The molecule has 0 N–H and O–H groups in total. The summed E-state index contributed by atoms with van der Waals surface area (Å²) in [4.78, 5) is 14.9. The monoisotopic (exact) mass is 224 g/mol. The summed E-state index contributed by atoms with van der Waals surface area (Å²) < 4.78 is 13.5. The first-order valence-electron chi connectivity index (χ1n) is 5.39. The number of rotatable bonds is 3. The van der Waals surface area contributed by atoms with Crippen LogP contribution in [0.2, 0.25) is 0 Å². The highest BCUT2D eigenvalue weighted by Crippen LogP contribution is 2.19. The molecule has 3 nitrogen and oxygen atoms in total. The molecule has 1 rings (SSSR count). The second-order valence-corrected chi connectivity index (χ2v) is 3.49. The van der Waals surface area contributed by atoms with Gasteiger partial charge in [0.05, 0.1) is 5.69 Å². The van der Waals surface area contributed by atoms with Crippen molar-refractivity contribution in [2.75, 3.05) is 25.0 Å². The molecule has 0 fully saturated rings. The Morgan fingerprint density at radius 1 is 1.25 bits per heavy atom. The van der Waals surface area contributed by atoms with Crippen LogP contribution in [0.1, 0.15) is 13.8 Å². The molecule has 0 unspecified atom stereocenters. The number of urea groups is 1. The minimum Gasteiger partial charge on any atom is -0.328 e. The number of carbonyl (C=O) groups excluding carboxylic acids is 1. The average Bonchev–Trinajstić information content (AvgIpc) is 2.31. The van der Waals surface area contributed by atoms with Crippen molar-refractivity contribution in [3.63, 3.8) is 0 Å². The zero-order valence-corrected chi connectivity index (χ0v) is 9.90. The molecule has 1 aromatic rings. The molecule has 4 heteroatoms. The Morgan fingerprint density at radius 3 is 2.38 bits per heavy atom. The third-order valence-electron chi connectivity index (χ3n) is 2.49. The van der Waals surface area contributed by atoms with Crippen LogP contribution < -0.4 is 4.90 Å². The SMILES string of the molecule is CCN(C)C(=O)N(CC)c1ccccc1F. The Morgan fingerprint density at radius 2 is 1.88 bits per heavy atom. The highest BCUT2D eigenvalue weighted by molar-refractivity contribution is 5.91. The van der Waals surface area contributed by atoms with Crippen LogP contribution in [-0.2, 0) is 0 Å².